The highest BCUT2D eigenvalue weighted by atomic mass is 16.6. The molecule has 1 fully saturated rings. The molecule has 4 rings (SSSR count). The number of hydrogen-bond donors (Lipinski definition) is 3. The van der Waals surface area contributed by atoms with Crippen LogP contribution in [0.3, 0.4) is 0 Å². The topological polar surface area (TPSA) is 154 Å². The minimum atomic E-state index is -0.922. The van der Waals surface area contributed by atoms with Gasteiger partial charge in [-0.25, -0.2) is 4.90 Å². The lowest BCUT2D eigenvalue weighted by Crippen LogP contribution is -2.39. The number of aliphatic hydroxyl groups excluding tert-OH is 3. The summed E-state index contributed by atoms with van der Waals surface area (Å²) in [7, 11) is 0. The number of non-ortho nitro benzene ring substituents is 1. The second kappa shape index (κ2) is 13.4. The summed E-state index contributed by atoms with van der Waals surface area (Å²) in [6.45, 7) is 3.47. The summed E-state index contributed by atoms with van der Waals surface area (Å²) in [5.74, 6) is -2.14. The molecule has 0 bridgehead atoms. The number of nitrogens with zero attached hydrogens (tertiary/aromatic N) is 2. The molecule has 4 atom stereocenters. The molecule has 1 aliphatic heterocycles. The molecule has 2 heterocycles. The predicted octanol–water partition coefficient (Wildman–Crippen LogP) is 4.92. The summed E-state index contributed by atoms with van der Waals surface area (Å²) < 4.78 is 5.61. The fraction of sp³-hybridized carbons (Fsp3) is 0.484. The van der Waals surface area contributed by atoms with E-state index in [0.29, 0.717) is 42.8 Å². The molecule has 220 valence electrons. The van der Waals surface area contributed by atoms with Crippen molar-refractivity contribution in [2.45, 2.75) is 71.5 Å². The number of nitro benzene ring substituents is 1. The standard InChI is InChI=1S/C31H38N2O8/c1-3-6-19(14-23-11-12-24(17-34)41-23)10-13-27(36)28-20(7-4-2)15-25-29(26(28)18-35)31(38)32(30(25)37)21-8-5-9-22(16-21)33(39)40/h5,8-9,11-12,14,16,25-27,29,34-36H,3-4,6-7,10,13,15,17-18H2,1-2H3/b19-14+/t25-,26+,27-,29-/m1/s1. The van der Waals surface area contributed by atoms with Crippen molar-refractivity contribution in [3.05, 3.63) is 74.8 Å². The van der Waals surface area contributed by atoms with Crippen molar-refractivity contribution in [1.29, 1.82) is 0 Å². The number of carbonyl (C=O) groups excluding carboxylic acids is 2. The van der Waals surface area contributed by atoms with Crippen LogP contribution in [0.2, 0.25) is 0 Å². The van der Waals surface area contributed by atoms with E-state index >= 15 is 0 Å². The maximum atomic E-state index is 13.7. The lowest BCUT2D eigenvalue weighted by Gasteiger charge is -2.36. The molecule has 1 aromatic carbocycles. The molecular formula is C31H38N2O8. The van der Waals surface area contributed by atoms with E-state index in [0.717, 1.165) is 35.3 Å². The van der Waals surface area contributed by atoms with Gasteiger partial charge in [-0.3, -0.25) is 19.7 Å². The van der Waals surface area contributed by atoms with Crippen molar-refractivity contribution in [1.82, 2.24) is 0 Å². The Labute approximate surface area is 239 Å². The summed E-state index contributed by atoms with van der Waals surface area (Å²) in [6.07, 6.45) is 5.31. The van der Waals surface area contributed by atoms with E-state index in [9.17, 15) is 35.0 Å². The molecule has 1 aliphatic carbocycles. The van der Waals surface area contributed by atoms with Crippen LogP contribution >= 0.6 is 0 Å². The van der Waals surface area contributed by atoms with Gasteiger partial charge in [-0.1, -0.05) is 43.9 Å². The third-order valence-electron chi connectivity index (χ3n) is 8.09. The van der Waals surface area contributed by atoms with Crippen LogP contribution in [0.25, 0.3) is 6.08 Å². The molecule has 1 aromatic heterocycles. The van der Waals surface area contributed by atoms with Crippen molar-refractivity contribution < 1.29 is 34.2 Å². The van der Waals surface area contributed by atoms with Gasteiger partial charge in [0.1, 0.15) is 18.1 Å². The third-order valence-corrected chi connectivity index (χ3v) is 8.09. The van der Waals surface area contributed by atoms with Gasteiger partial charge in [-0.15, -0.1) is 0 Å². The van der Waals surface area contributed by atoms with Crippen LogP contribution in [0.1, 0.15) is 70.3 Å². The Morgan fingerprint density at radius 3 is 2.56 bits per heavy atom. The minimum Gasteiger partial charge on any atom is -0.459 e. The van der Waals surface area contributed by atoms with Crippen molar-refractivity contribution in [3.8, 4) is 0 Å². The molecule has 41 heavy (non-hydrogen) atoms. The number of allylic oxidation sites excluding steroid dienone is 2. The molecule has 0 spiro atoms. The van der Waals surface area contributed by atoms with Gasteiger partial charge in [-0.2, -0.15) is 0 Å². The van der Waals surface area contributed by atoms with Gasteiger partial charge in [0.05, 0.1) is 35.2 Å². The van der Waals surface area contributed by atoms with Crippen LogP contribution in [0.4, 0.5) is 11.4 Å². The smallest absolute Gasteiger partial charge is 0.271 e. The molecule has 0 saturated carbocycles. The molecule has 10 heteroatoms. The fourth-order valence-electron chi connectivity index (χ4n) is 6.32. The number of nitro groups is 1. The molecule has 3 N–H and O–H groups in total. The molecular weight excluding hydrogens is 528 g/mol. The third kappa shape index (κ3) is 6.34. The van der Waals surface area contributed by atoms with Gasteiger partial charge >= 0.3 is 0 Å². The quantitative estimate of drug-likeness (QED) is 0.134. The highest BCUT2D eigenvalue weighted by Gasteiger charge is 2.55. The maximum absolute atomic E-state index is 13.7. The number of rotatable bonds is 13. The first kappa shape index (κ1) is 30.4. The van der Waals surface area contributed by atoms with Gasteiger partial charge in [0.2, 0.25) is 11.8 Å². The average molecular weight is 567 g/mol. The number of furan rings is 1. The number of benzene rings is 1. The molecule has 1 saturated heterocycles. The van der Waals surface area contributed by atoms with Crippen molar-refractivity contribution >= 4 is 29.3 Å². The largest absolute Gasteiger partial charge is 0.459 e. The van der Waals surface area contributed by atoms with E-state index in [1.165, 1.54) is 24.3 Å². The highest BCUT2D eigenvalue weighted by Crippen LogP contribution is 2.48. The van der Waals surface area contributed by atoms with Crippen LogP contribution in [-0.4, -0.2) is 44.8 Å². The normalized spacial score (nSPS) is 21.9. The predicted molar refractivity (Wildman–Crippen MR) is 152 cm³/mol. The second-order valence-corrected chi connectivity index (χ2v) is 10.8. The summed E-state index contributed by atoms with van der Waals surface area (Å²) >= 11 is 0. The number of imide groups is 1. The number of fused-ring (bicyclic) bond motifs is 1. The zero-order chi connectivity index (χ0) is 29.7. The SMILES string of the molecule is CCCC1=C([C@H](O)CC/C(=C/c2ccc(CO)o2)CCC)[C@H](CO)[C@@H]2C(=O)N(c3cccc([N+](=O)[O-])c3)C(=O)[C@@H]2C1. The van der Waals surface area contributed by atoms with E-state index in [2.05, 4.69) is 6.92 Å². The Kier molecular flexibility index (Phi) is 9.90. The Hall–Kier alpha value is -3.60. The van der Waals surface area contributed by atoms with Gasteiger partial charge in [0.15, 0.2) is 0 Å². The zero-order valence-corrected chi connectivity index (χ0v) is 23.5. The van der Waals surface area contributed by atoms with Crippen LogP contribution in [0, 0.1) is 27.9 Å². The molecule has 0 unspecified atom stereocenters. The van der Waals surface area contributed by atoms with Gasteiger partial charge < -0.3 is 19.7 Å². The number of amides is 2. The van der Waals surface area contributed by atoms with E-state index < -0.39 is 47.2 Å². The van der Waals surface area contributed by atoms with E-state index in [-0.39, 0.29) is 18.0 Å². The first-order chi connectivity index (χ1) is 19.7. The monoisotopic (exact) mass is 566 g/mol. The number of anilines is 1. The van der Waals surface area contributed by atoms with E-state index in [4.69, 9.17) is 4.42 Å². The van der Waals surface area contributed by atoms with Crippen molar-refractivity contribution in [2.24, 2.45) is 17.8 Å². The van der Waals surface area contributed by atoms with Crippen molar-refractivity contribution in [2.75, 3.05) is 11.5 Å². The highest BCUT2D eigenvalue weighted by molar-refractivity contribution is 6.22. The first-order valence-corrected chi connectivity index (χ1v) is 14.3. The Balaban J connectivity index is 1.61. The summed E-state index contributed by atoms with van der Waals surface area (Å²) in [6, 6.07) is 8.94. The summed E-state index contributed by atoms with van der Waals surface area (Å²) in [5.41, 5.74) is 2.50. The molecule has 2 amide bonds. The van der Waals surface area contributed by atoms with Crippen LogP contribution in [-0.2, 0) is 16.2 Å². The van der Waals surface area contributed by atoms with Crippen LogP contribution < -0.4 is 4.90 Å². The number of aliphatic hydroxyl groups is 3. The van der Waals surface area contributed by atoms with Crippen LogP contribution in [0.15, 0.2) is 57.5 Å². The maximum Gasteiger partial charge on any atom is 0.271 e. The molecule has 0 radical (unpaired) electrons. The zero-order valence-electron chi connectivity index (χ0n) is 23.5. The fourth-order valence-corrected chi connectivity index (χ4v) is 6.32. The summed E-state index contributed by atoms with van der Waals surface area (Å²) in [5, 5.41) is 42.7. The van der Waals surface area contributed by atoms with E-state index in [1.54, 1.807) is 12.1 Å². The summed E-state index contributed by atoms with van der Waals surface area (Å²) in [4.78, 5) is 39.0. The average Bonchev–Trinajstić information content (AvgIpc) is 3.52. The Morgan fingerprint density at radius 1 is 1.15 bits per heavy atom. The number of hydrogen-bond acceptors (Lipinski definition) is 8. The molecule has 10 nitrogen and oxygen atoms in total. The van der Waals surface area contributed by atoms with Crippen molar-refractivity contribution in [3.63, 3.8) is 0 Å². The van der Waals surface area contributed by atoms with Gasteiger partial charge in [0.25, 0.3) is 5.69 Å². The van der Waals surface area contributed by atoms with Gasteiger partial charge in [0, 0.05) is 18.1 Å². The van der Waals surface area contributed by atoms with E-state index in [1.807, 2.05) is 13.0 Å². The Bertz CT molecular complexity index is 1340. The van der Waals surface area contributed by atoms with Crippen LogP contribution in [0.5, 0.6) is 0 Å². The van der Waals surface area contributed by atoms with Gasteiger partial charge in [-0.05, 0) is 62.0 Å². The minimum absolute atomic E-state index is 0.135. The molecule has 2 aromatic rings. The second-order valence-electron chi connectivity index (χ2n) is 10.8. The Morgan fingerprint density at radius 2 is 1.93 bits per heavy atom. The lowest BCUT2D eigenvalue weighted by molar-refractivity contribution is -0.384. The number of carbonyl (C=O) groups is 2. The molecule has 2 aliphatic rings. The lowest BCUT2D eigenvalue weighted by atomic mass is 9.67. The first-order valence-electron chi connectivity index (χ1n) is 14.3.